The molecule has 0 unspecified atom stereocenters. The molecule has 0 radical (unpaired) electrons. The van der Waals surface area contributed by atoms with Crippen LogP contribution >= 0.6 is 15.9 Å². The fourth-order valence-electron chi connectivity index (χ4n) is 3.32. The van der Waals surface area contributed by atoms with Crippen LogP contribution in [0.3, 0.4) is 0 Å². The summed E-state index contributed by atoms with van der Waals surface area (Å²) in [5, 5.41) is 2.90. The maximum Gasteiger partial charge on any atom is 0.339 e. The zero-order valence-corrected chi connectivity index (χ0v) is 16.9. The van der Waals surface area contributed by atoms with E-state index >= 15 is 0 Å². The zero-order valence-electron chi connectivity index (χ0n) is 15.3. The second-order valence-corrected chi connectivity index (χ2v) is 7.62. The third-order valence-corrected chi connectivity index (χ3v) is 5.40. The van der Waals surface area contributed by atoms with E-state index in [2.05, 4.69) is 38.3 Å². The highest BCUT2D eigenvalue weighted by Gasteiger charge is 2.26. The average molecular weight is 431 g/mol. The van der Waals surface area contributed by atoms with E-state index in [4.69, 9.17) is 4.74 Å². The lowest BCUT2D eigenvalue weighted by molar-refractivity contribution is -0.121. The summed E-state index contributed by atoms with van der Waals surface area (Å²) in [5.74, 6) is -0.526. The summed E-state index contributed by atoms with van der Waals surface area (Å²) in [5.41, 5.74) is 2.15. The van der Waals surface area contributed by atoms with Crippen molar-refractivity contribution in [1.29, 1.82) is 0 Å². The Morgan fingerprint density at radius 2 is 1.78 bits per heavy atom. The molecule has 6 heteroatoms. The quantitative estimate of drug-likeness (QED) is 0.725. The van der Waals surface area contributed by atoms with E-state index in [1.807, 2.05) is 12.1 Å². The van der Waals surface area contributed by atoms with Gasteiger partial charge in [0, 0.05) is 16.9 Å². The molecule has 5 nitrogen and oxygen atoms in total. The molecular formula is C21H23BrN2O3. The topological polar surface area (TPSA) is 58.6 Å². The van der Waals surface area contributed by atoms with Crippen LogP contribution in [0.15, 0.2) is 53.0 Å². The second kappa shape index (κ2) is 9.15. The predicted molar refractivity (Wildman–Crippen MR) is 109 cm³/mol. The highest BCUT2D eigenvalue weighted by molar-refractivity contribution is 9.10. The smallest absolute Gasteiger partial charge is 0.339 e. The molecule has 0 saturated carbocycles. The lowest BCUT2D eigenvalue weighted by atomic mass is 9.95. The number of esters is 1. The van der Waals surface area contributed by atoms with Crippen LogP contribution < -0.4 is 5.32 Å². The number of ether oxygens (including phenoxy) is 1. The monoisotopic (exact) mass is 430 g/mol. The van der Waals surface area contributed by atoms with Crippen molar-refractivity contribution >= 4 is 33.5 Å². The molecular weight excluding hydrogens is 408 g/mol. The molecule has 1 saturated heterocycles. The Hall–Kier alpha value is -2.18. The van der Waals surface area contributed by atoms with Gasteiger partial charge in [-0.05, 0) is 55.8 Å². The van der Waals surface area contributed by atoms with Gasteiger partial charge in [-0.2, -0.15) is 0 Å². The summed E-state index contributed by atoms with van der Waals surface area (Å²) in [7, 11) is 1.34. The van der Waals surface area contributed by atoms with Crippen LogP contribution in [-0.4, -0.2) is 37.0 Å². The number of likely N-dealkylation sites (tertiary alicyclic amines) is 1. The first-order valence-electron chi connectivity index (χ1n) is 9.02. The number of amides is 1. The second-order valence-electron chi connectivity index (χ2n) is 6.70. The minimum atomic E-state index is -0.449. The normalized spacial score (nSPS) is 15.3. The molecule has 1 N–H and O–H groups in total. The molecule has 0 aromatic heterocycles. The number of carbonyl (C=O) groups excluding carboxylic acids is 2. The van der Waals surface area contributed by atoms with E-state index in [9.17, 15) is 9.59 Å². The molecule has 1 heterocycles. The lowest BCUT2D eigenvalue weighted by Crippen LogP contribution is -2.37. The van der Waals surface area contributed by atoms with E-state index in [0.717, 1.165) is 36.9 Å². The Balaban J connectivity index is 1.54. The molecule has 1 amide bonds. The number of piperidine rings is 1. The van der Waals surface area contributed by atoms with Crippen LogP contribution in [0.25, 0.3) is 0 Å². The van der Waals surface area contributed by atoms with E-state index in [1.54, 1.807) is 24.3 Å². The van der Waals surface area contributed by atoms with Gasteiger partial charge < -0.3 is 10.1 Å². The van der Waals surface area contributed by atoms with Gasteiger partial charge in [0.05, 0.1) is 18.4 Å². The van der Waals surface area contributed by atoms with Gasteiger partial charge in [0.2, 0.25) is 5.91 Å². The Morgan fingerprint density at radius 1 is 1.11 bits per heavy atom. The van der Waals surface area contributed by atoms with Gasteiger partial charge in [0.25, 0.3) is 0 Å². The highest BCUT2D eigenvalue weighted by atomic mass is 79.9. The van der Waals surface area contributed by atoms with Crippen molar-refractivity contribution in [3.63, 3.8) is 0 Å². The molecule has 27 heavy (non-hydrogen) atoms. The molecule has 0 spiro atoms. The maximum atomic E-state index is 12.6. The van der Waals surface area contributed by atoms with Crippen LogP contribution in [-0.2, 0) is 16.1 Å². The van der Waals surface area contributed by atoms with E-state index < -0.39 is 5.97 Å². The molecule has 2 aromatic carbocycles. The minimum Gasteiger partial charge on any atom is -0.465 e. The van der Waals surface area contributed by atoms with Crippen molar-refractivity contribution in [1.82, 2.24) is 4.90 Å². The van der Waals surface area contributed by atoms with Crippen LogP contribution in [0.1, 0.15) is 28.8 Å². The molecule has 0 atom stereocenters. The van der Waals surface area contributed by atoms with Gasteiger partial charge in [-0.25, -0.2) is 4.79 Å². The number of benzene rings is 2. The molecule has 1 fully saturated rings. The van der Waals surface area contributed by atoms with Gasteiger partial charge in [0.1, 0.15) is 0 Å². The number of hydrogen-bond donors (Lipinski definition) is 1. The third kappa shape index (κ3) is 5.17. The number of methoxy groups -OCH3 is 1. The highest BCUT2D eigenvalue weighted by Crippen LogP contribution is 2.23. The maximum absolute atomic E-state index is 12.6. The van der Waals surface area contributed by atoms with Crippen molar-refractivity contribution in [3.8, 4) is 0 Å². The first kappa shape index (κ1) is 19.6. The number of hydrogen-bond acceptors (Lipinski definition) is 4. The van der Waals surface area contributed by atoms with E-state index in [1.165, 1.54) is 12.7 Å². The summed E-state index contributed by atoms with van der Waals surface area (Å²) in [6.07, 6.45) is 1.62. The number of anilines is 1. The average Bonchev–Trinajstić information content (AvgIpc) is 2.70. The zero-order chi connectivity index (χ0) is 19.2. The SMILES string of the molecule is COC(=O)c1ccccc1NC(=O)C1CCN(Cc2ccc(Br)cc2)CC1. The molecule has 1 aliphatic rings. The molecule has 2 aromatic rings. The number of para-hydroxylation sites is 1. The number of halogens is 1. The van der Waals surface area contributed by atoms with Crippen LogP contribution in [0.4, 0.5) is 5.69 Å². The fourth-order valence-corrected chi connectivity index (χ4v) is 3.58. The van der Waals surface area contributed by atoms with Crippen LogP contribution in [0.2, 0.25) is 0 Å². The lowest BCUT2D eigenvalue weighted by Gasteiger charge is -2.31. The number of nitrogens with zero attached hydrogens (tertiary/aromatic N) is 1. The van der Waals surface area contributed by atoms with Gasteiger partial charge >= 0.3 is 5.97 Å². The molecule has 0 bridgehead atoms. The largest absolute Gasteiger partial charge is 0.465 e. The summed E-state index contributed by atoms with van der Waals surface area (Å²) in [6, 6.07) is 15.3. The molecule has 3 rings (SSSR count). The fraction of sp³-hybridized carbons (Fsp3) is 0.333. The Morgan fingerprint density at radius 3 is 2.44 bits per heavy atom. The van der Waals surface area contributed by atoms with Crippen molar-refractivity contribution in [2.24, 2.45) is 5.92 Å². The van der Waals surface area contributed by atoms with E-state index in [0.29, 0.717) is 11.3 Å². The Labute approximate surface area is 167 Å². The van der Waals surface area contributed by atoms with Crippen molar-refractivity contribution < 1.29 is 14.3 Å². The molecule has 1 aliphatic heterocycles. The first-order chi connectivity index (χ1) is 13.1. The Bertz CT molecular complexity index is 799. The van der Waals surface area contributed by atoms with Crippen molar-refractivity contribution in [3.05, 3.63) is 64.1 Å². The third-order valence-electron chi connectivity index (χ3n) is 4.87. The van der Waals surface area contributed by atoms with Crippen LogP contribution in [0.5, 0.6) is 0 Å². The summed E-state index contributed by atoms with van der Waals surface area (Å²) in [4.78, 5) is 26.9. The molecule has 0 aliphatic carbocycles. The number of carbonyl (C=O) groups is 2. The summed E-state index contributed by atoms with van der Waals surface area (Å²) in [6.45, 7) is 2.66. The standard InChI is InChI=1S/C21H23BrN2O3/c1-27-21(26)18-4-2-3-5-19(18)23-20(25)16-10-12-24(13-11-16)14-15-6-8-17(22)9-7-15/h2-9,16H,10-14H2,1H3,(H,23,25). The number of nitrogens with one attached hydrogen (secondary N) is 1. The van der Waals surface area contributed by atoms with Gasteiger partial charge in [-0.15, -0.1) is 0 Å². The van der Waals surface area contributed by atoms with Gasteiger partial charge in [0.15, 0.2) is 0 Å². The van der Waals surface area contributed by atoms with Crippen LogP contribution in [0, 0.1) is 5.92 Å². The molecule has 142 valence electrons. The number of rotatable bonds is 5. The van der Waals surface area contributed by atoms with Gasteiger partial charge in [-0.3, -0.25) is 9.69 Å². The van der Waals surface area contributed by atoms with Gasteiger partial charge in [-0.1, -0.05) is 40.2 Å². The van der Waals surface area contributed by atoms with Crippen molar-refractivity contribution in [2.45, 2.75) is 19.4 Å². The summed E-state index contributed by atoms with van der Waals surface area (Å²) >= 11 is 3.45. The Kier molecular flexibility index (Phi) is 6.63. The summed E-state index contributed by atoms with van der Waals surface area (Å²) < 4.78 is 5.86. The minimum absolute atomic E-state index is 0.0327. The first-order valence-corrected chi connectivity index (χ1v) is 9.81. The van der Waals surface area contributed by atoms with Crippen molar-refractivity contribution in [2.75, 3.05) is 25.5 Å². The predicted octanol–water partition coefficient (Wildman–Crippen LogP) is 4.09. The van der Waals surface area contributed by atoms with E-state index in [-0.39, 0.29) is 11.8 Å².